The molecule has 0 spiro atoms. The van der Waals surface area contributed by atoms with Crippen molar-refractivity contribution in [2.24, 2.45) is 0 Å². The molecule has 0 saturated heterocycles. The van der Waals surface area contributed by atoms with Crippen LogP contribution in [0.1, 0.15) is 21.6 Å². The van der Waals surface area contributed by atoms with E-state index in [4.69, 9.17) is 0 Å². The fourth-order valence-corrected chi connectivity index (χ4v) is 3.05. The van der Waals surface area contributed by atoms with Crippen molar-refractivity contribution in [3.8, 4) is 0 Å². The van der Waals surface area contributed by atoms with E-state index in [9.17, 15) is 0 Å². The number of rotatable bonds is 6. The molecule has 0 amide bonds. The predicted molar refractivity (Wildman–Crippen MR) is 85.2 cm³/mol. The maximum atomic E-state index is 4.11. The van der Waals surface area contributed by atoms with Gasteiger partial charge in [0, 0.05) is 18.0 Å². The molecule has 0 radical (unpaired) electrons. The normalized spacial score (nSPS) is 10.9. The summed E-state index contributed by atoms with van der Waals surface area (Å²) in [4.78, 5) is 5.37. The van der Waals surface area contributed by atoms with E-state index in [1.54, 1.807) is 12.7 Å². The number of benzene rings is 1. The average Bonchev–Trinajstić information content (AvgIpc) is 3.13. The van der Waals surface area contributed by atoms with Gasteiger partial charge in [0.05, 0.1) is 6.54 Å². The number of aromatic nitrogens is 3. The Morgan fingerprint density at radius 3 is 2.57 bits per heavy atom. The third-order valence-electron chi connectivity index (χ3n) is 3.42. The monoisotopic (exact) mass is 298 g/mol. The molecule has 1 aromatic carbocycles. The van der Waals surface area contributed by atoms with E-state index < -0.39 is 0 Å². The second-order valence-electron chi connectivity index (χ2n) is 5.04. The first-order chi connectivity index (χ1) is 10.3. The van der Waals surface area contributed by atoms with Crippen LogP contribution in [0, 0.1) is 6.92 Å². The lowest BCUT2D eigenvalue weighted by Crippen LogP contribution is -2.12. The van der Waals surface area contributed by atoms with Crippen LogP contribution in [0.4, 0.5) is 0 Å². The molecule has 3 aromatic rings. The highest BCUT2D eigenvalue weighted by Crippen LogP contribution is 2.15. The van der Waals surface area contributed by atoms with E-state index in [1.165, 1.54) is 21.6 Å². The summed E-state index contributed by atoms with van der Waals surface area (Å²) in [7, 11) is 0. The molecule has 108 valence electrons. The van der Waals surface area contributed by atoms with Crippen LogP contribution in [0.15, 0.2) is 48.4 Å². The summed E-state index contributed by atoms with van der Waals surface area (Å²) in [5.41, 5.74) is 3.90. The lowest BCUT2D eigenvalue weighted by Gasteiger charge is -2.06. The number of nitrogens with zero attached hydrogens (tertiary/aromatic N) is 3. The van der Waals surface area contributed by atoms with Crippen molar-refractivity contribution in [3.63, 3.8) is 0 Å². The van der Waals surface area contributed by atoms with E-state index in [-0.39, 0.29) is 0 Å². The van der Waals surface area contributed by atoms with Gasteiger partial charge in [-0.05, 0) is 35.1 Å². The third kappa shape index (κ3) is 3.77. The van der Waals surface area contributed by atoms with Crippen LogP contribution in [-0.2, 0) is 19.6 Å². The second kappa shape index (κ2) is 6.65. The molecule has 0 aliphatic carbocycles. The summed E-state index contributed by atoms with van der Waals surface area (Å²) in [5.74, 6) is 0. The van der Waals surface area contributed by atoms with E-state index in [2.05, 4.69) is 58.0 Å². The second-order valence-corrected chi connectivity index (χ2v) is 6.04. The lowest BCUT2D eigenvalue weighted by molar-refractivity contribution is 0.681. The standard InChI is InChI=1S/C16H18N4S/c1-13-6-7-21-16(13)9-17-8-14-2-4-15(5-3-14)10-20-12-18-11-19-20/h2-7,11-12,17H,8-10H2,1H3. The molecule has 0 saturated carbocycles. The fourth-order valence-electron chi connectivity index (χ4n) is 2.17. The Hall–Kier alpha value is -1.98. The number of nitrogens with one attached hydrogen (secondary N) is 1. The molecule has 2 aromatic heterocycles. The van der Waals surface area contributed by atoms with Crippen molar-refractivity contribution < 1.29 is 0 Å². The topological polar surface area (TPSA) is 42.7 Å². The highest BCUT2D eigenvalue weighted by Gasteiger charge is 2.00. The molecular formula is C16H18N4S. The quantitative estimate of drug-likeness (QED) is 0.761. The molecule has 0 unspecified atom stereocenters. The van der Waals surface area contributed by atoms with Crippen LogP contribution in [0.5, 0.6) is 0 Å². The first-order valence-electron chi connectivity index (χ1n) is 6.95. The molecule has 0 aliphatic heterocycles. The largest absolute Gasteiger partial charge is 0.308 e. The maximum absolute atomic E-state index is 4.11. The molecule has 0 fully saturated rings. The van der Waals surface area contributed by atoms with Gasteiger partial charge < -0.3 is 5.32 Å². The summed E-state index contributed by atoms with van der Waals surface area (Å²) in [6.07, 6.45) is 3.30. The molecule has 1 N–H and O–H groups in total. The lowest BCUT2D eigenvalue weighted by atomic mass is 10.1. The van der Waals surface area contributed by atoms with Crippen LogP contribution < -0.4 is 5.32 Å². The van der Waals surface area contributed by atoms with Gasteiger partial charge in [-0.3, -0.25) is 0 Å². The van der Waals surface area contributed by atoms with Crippen molar-refractivity contribution in [2.45, 2.75) is 26.6 Å². The van der Waals surface area contributed by atoms with Crippen molar-refractivity contribution in [2.75, 3.05) is 0 Å². The Kier molecular flexibility index (Phi) is 4.43. The van der Waals surface area contributed by atoms with Crippen LogP contribution in [-0.4, -0.2) is 14.8 Å². The highest BCUT2D eigenvalue weighted by molar-refractivity contribution is 7.10. The van der Waals surface area contributed by atoms with E-state index in [1.807, 2.05) is 16.0 Å². The average molecular weight is 298 g/mol. The maximum Gasteiger partial charge on any atom is 0.137 e. The molecule has 4 nitrogen and oxygen atoms in total. The van der Waals surface area contributed by atoms with Gasteiger partial charge in [0.15, 0.2) is 0 Å². The molecule has 2 heterocycles. The Balaban J connectivity index is 1.51. The Labute approximate surface area is 128 Å². The SMILES string of the molecule is Cc1ccsc1CNCc1ccc(Cn2cncn2)cc1. The third-order valence-corrected chi connectivity index (χ3v) is 4.44. The fraction of sp³-hybridized carbons (Fsp3) is 0.250. The first-order valence-corrected chi connectivity index (χ1v) is 7.83. The zero-order valence-electron chi connectivity index (χ0n) is 12.0. The molecule has 0 bridgehead atoms. The molecule has 0 atom stereocenters. The molecule has 5 heteroatoms. The summed E-state index contributed by atoms with van der Waals surface area (Å²) >= 11 is 1.81. The minimum Gasteiger partial charge on any atom is -0.308 e. The van der Waals surface area contributed by atoms with Gasteiger partial charge >= 0.3 is 0 Å². The number of aryl methyl sites for hydroxylation is 1. The smallest absolute Gasteiger partial charge is 0.137 e. The summed E-state index contributed by atoms with van der Waals surface area (Å²) in [6.45, 7) is 4.75. The molecular weight excluding hydrogens is 280 g/mol. The van der Waals surface area contributed by atoms with Gasteiger partial charge in [0.2, 0.25) is 0 Å². The number of hydrogen-bond acceptors (Lipinski definition) is 4. The minimum atomic E-state index is 0.766. The number of hydrogen-bond donors (Lipinski definition) is 1. The summed E-state index contributed by atoms with van der Waals surface area (Å²) < 4.78 is 1.83. The van der Waals surface area contributed by atoms with Crippen LogP contribution in [0.25, 0.3) is 0 Å². The molecule has 0 aliphatic rings. The van der Waals surface area contributed by atoms with E-state index >= 15 is 0 Å². The van der Waals surface area contributed by atoms with Crippen LogP contribution in [0.2, 0.25) is 0 Å². The zero-order valence-corrected chi connectivity index (χ0v) is 12.8. The van der Waals surface area contributed by atoms with Gasteiger partial charge in [-0.15, -0.1) is 11.3 Å². The minimum absolute atomic E-state index is 0.766. The Bertz CT molecular complexity index is 671. The summed E-state index contributed by atoms with van der Waals surface area (Å²) in [5, 5.41) is 9.75. The van der Waals surface area contributed by atoms with Crippen molar-refractivity contribution in [1.29, 1.82) is 0 Å². The first kappa shape index (κ1) is 14.0. The van der Waals surface area contributed by atoms with Gasteiger partial charge in [-0.1, -0.05) is 24.3 Å². The van der Waals surface area contributed by atoms with Crippen molar-refractivity contribution in [1.82, 2.24) is 20.1 Å². The Morgan fingerprint density at radius 2 is 1.90 bits per heavy atom. The highest BCUT2D eigenvalue weighted by atomic mass is 32.1. The van der Waals surface area contributed by atoms with Gasteiger partial charge in [0.25, 0.3) is 0 Å². The van der Waals surface area contributed by atoms with Gasteiger partial charge in [-0.25, -0.2) is 9.67 Å². The van der Waals surface area contributed by atoms with Gasteiger partial charge in [-0.2, -0.15) is 5.10 Å². The summed E-state index contributed by atoms with van der Waals surface area (Å²) in [6, 6.07) is 10.8. The zero-order chi connectivity index (χ0) is 14.5. The molecule has 21 heavy (non-hydrogen) atoms. The van der Waals surface area contributed by atoms with Crippen molar-refractivity contribution >= 4 is 11.3 Å². The Morgan fingerprint density at radius 1 is 1.10 bits per heavy atom. The number of thiophene rings is 1. The predicted octanol–water partition coefficient (Wildman–Crippen LogP) is 2.99. The van der Waals surface area contributed by atoms with E-state index in [0.717, 1.165) is 19.6 Å². The van der Waals surface area contributed by atoms with Gasteiger partial charge in [0.1, 0.15) is 12.7 Å². The van der Waals surface area contributed by atoms with Crippen LogP contribution >= 0.6 is 11.3 Å². The van der Waals surface area contributed by atoms with Crippen molar-refractivity contribution in [3.05, 3.63) is 69.9 Å². The van der Waals surface area contributed by atoms with E-state index in [0.29, 0.717) is 0 Å². The van der Waals surface area contributed by atoms with Crippen LogP contribution in [0.3, 0.4) is 0 Å². The molecule has 3 rings (SSSR count).